The predicted molar refractivity (Wildman–Crippen MR) is 63.0 cm³/mol. The fourth-order valence-corrected chi connectivity index (χ4v) is 2.65. The van der Waals surface area contributed by atoms with Crippen molar-refractivity contribution in [3.05, 3.63) is 16.1 Å². The molecule has 1 N–H and O–H groups in total. The summed E-state index contributed by atoms with van der Waals surface area (Å²) in [7, 11) is 0. The highest BCUT2D eigenvalue weighted by molar-refractivity contribution is 9.10. The Morgan fingerprint density at radius 1 is 1.47 bits per heavy atom. The van der Waals surface area contributed by atoms with E-state index in [1.165, 1.54) is 5.69 Å². The van der Waals surface area contributed by atoms with Gasteiger partial charge in [-0.05, 0) is 28.8 Å². The monoisotopic (exact) mass is 272 g/mol. The maximum Gasteiger partial charge on any atom is 0.127 e. The van der Waals surface area contributed by atoms with Crippen molar-refractivity contribution in [3.63, 3.8) is 0 Å². The van der Waals surface area contributed by atoms with Gasteiger partial charge in [-0.1, -0.05) is 20.8 Å². The van der Waals surface area contributed by atoms with Crippen molar-refractivity contribution in [3.8, 4) is 0 Å². The molecule has 2 heterocycles. The summed E-state index contributed by atoms with van der Waals surface area (Å²) in [6.07, 6.45) is 1.53. The van der Waals surface area contributed by atoms with Crippen molar-refractivity contribution in [2.75, 3.05) is 0 Å². The minimum atomic E-state index is -0.223. The summed E-state index contributed by atoms with van der Waals surface area (Å²) >= 11 is 3.50. The van der Waals surface area contributed by atoms with Gasteiger partial charge in [0.05, 0.1) is 18.3 Å². The van der Waals surface area contributed by atoms with Gasteiger partial charge in [-0.3, -0.25) is 0 Å². The molecule has 0 bridgehead atoms. The highest BCUT2D eigenvalue weighted by atomic mass is 79.9. The van der Waals surface area contributed by atoms with Gasteiger partial charge in [-0.15, -0.1) is 0 Å². The number of halogens is 1. The standard InChI is InChI=1S/C11H17BrN2O/c1-11(2,3)10-13-9(12)8-5-4-7(15)6-14(8)10/h7,15H,4-6H2,1-3H3. The Bertz CT molecular complexity index is 379. The number of hydrogen-bond acceptors (Lipinski definition) is 2. The first kappa shape index (κ1) is 11.1. The third-order valence-corrected chi connectivity index (χ3v) is 3.44. The summed E-state index contributed by atoms with van der Waals surface area (Å²) in [5, 5.41) is 9.69. The summed E-state index contributed by atoms with van der Waals surface area (Å²) in [5.41, 5.74) is 1.25. The molecule has 0 aromatic carbocycles. The lowest BCUT2D eigenvalue weighted by Gasteiger charge is -2.26. The van der Waals surface area contributed by atoms with E-state index >= 15 is 0 Å². The topological polar surface area (TPSA) is 38.0 Å². The molecule has 0 spiro atoms. The third kappa shape index (κ3) is 1.97. The number of aliphatic hydroxyl groups is 1. The number of hydrogen-bond donors (Lipinski definition) is 1. The molecule has 1 unspecified atom stereocenters. The van der Waals surface area contributed by atoms with Crippen molar-refractivity contribution < 1.29 is 5.11 Å². The van der Waals surface area contributed by atoms with Crippen molar-refractivity contribution in [1.82, 2.24) is 9.55 Å². The zero-order valence-electron chi connectivity index (χ0n) is 9.42. The maximum atomic E-state index is 9.69. The first-order valence-corrected chi connectivity index (χ1v) is 6.12. The lowest BCUT2D eigenvalue weighted by Crippen LogP contribution is -2.29. The van der Waals surface area contributed by atoms with Crippen LogP contribution in [0.2, 0.25) is 0 Å². The van der Waals surface area contributed by atoms with Crippen LogP contribution in [0.15, 0.2) is 4.60 Å². The van der Waals surface area contributed by atoms with Crippen LogP contribution in [-0.2, 0) is 18.4 Å². The Morgan fingerprint density at radius 3 is 2.73 bits per heavy atom. The quantitative estimate of drug-likeness (QED) is 0.787. The second-order valence-electron chi connectivity index (χ2n) is 5.23. The van der Waals surface area contributed by atoms with Crippen LogP contribution in [0.1, 0.15) is 38.7 Å². The molecule has 15 heavy (non-hydrogen) atoms. The van der Waals surface area contributed by atoms with E-state index in [4.69, 9.17) is 0 Å². The van der Waals surface area contributed by atoms with Gasteiger partial charge in [0.15, 0.2) is 0 Å². The lowest BCUT2D eigenvalue weighted by atomic mass is 9.95. The summed E-state index contributed by atoms with van der Waals surface area (Å²) in [5.74, 6) is 1.06. The molecule has 84 valence electrons. The Morgan fingerprint density at radius 2 is 2.13 bits per heavy atom. The molecular formula is C11H17BrN2O. The Hall–Kier alpha value is -0.350. The Labute approximate surface area is 98.6 Å². The van der Waals surface area contributed by atoms with E-state index in [2.05, 4.69) is 46.3 Å². The summed E-state index contributed by atoms with van der Waals surface area (Å²) in [6, 6.07) is 0. The van der Waals surface area contributed by atoms with E-state index in [1.807, 2.05) is 0 Å². The van der Waals surface area contributed by atoms with Crippen LogP contribution in [-0.4, -0.2) is 20.8 Å². The van der Waals surface area contributed by atoms with Crippen molar-refractivity contribution in [2.24, 2.45) is 0 Å². The van der Waals surface area contributed by atoms with Gasteiger partial charge >= 0.3 is 0 Å². The van der Waals surface area contributed by atoms with Gasteiger partial charge in [-0.2, -0.15) is 0 Å². The molecule has 3 nitrogen and oxygen atoms in total. The molecule has 1 aliphatic rings. The van der Waals surface area contributed by atoms with Gasteiger partial charge in [0, 0.05) is 5.41 Å². The lowest BCUT2D eigenvalue weighted by molar-refractivity contribution is 0.128. The zero-order chi connectivity index (χ0) is 11.2. The first-order valence-electron chi connectivity index (χ1n) is 5.33. The fourth-order valence-electron chi connectivity index (χ4n) is 2.07. The van der Waals surface area contributed by atoms with Gasteiger partial charge in [0.25, 0.3) is 0 Å². The molecule has 0 saturated carbocycles. The average molecular weight is 273 g/mol. The van der Waals surface area contributed by atoms with Crippen LogP contribution in [0.3, 0.4) is 0 Å². The van der Waals surface area contributed by atoms with Crippen LogP contribution in [0.25, 0.3) is 0 Å². The van der Waals surface area contributed by atoms with Gasteiger partial charge in [-0.25, -0.2) is 4.98 Å². The van der Waals surface area contributed by atoms with E-state index in [0.29, 0.717) is 6.54 Å². The number of imidazole rings is 1. The number of nitrogens with zero attached hydrogens (tertiary/aromatic N) is 2. The van der Waals surface area contributed by atoms with Crippen LogP contribution in [0.4, 0.5) is 0 Å². The largest absolute Gasteiger partial charge is 0.391 e. The van der Waals surface area contributed by atoms with Crippen LogP contribution in [0, 0.1) is 0 Å². The normalized spacial score (nSPS) is 21.5. The number of aliphatic hydroxyl groups excluding tert-OH is 1. The first-order chi connectivity index (χ1) is 6.89. The Balaban J connectivity index is 2.50. The molecule has 0 aliphatic carbocycles. The molecule has 2 rings (SSSR count). The SMILES string of the molecule is CC(C)(C)c1nc(Br)c2n1CC(O)CC2. The number of aromatic nitrogens is 2. The van der Waals surface area contributed by atoms with E-state index in [1.54, 1.807) is 0 Å². The zero-order valence-corrected chi connectivity index (χ0v) is 11.0. The molecule has 1 aromatic rings. The molecule has 0 saturated heterocycles. The second kappa shape index (κ2) is 3.59. The summed E-state index contributed by atoms with van der Waals surface area (Å²) < 4.78 is 3.11. The summed E-state index contributed by atoms with van der Waals surface area (Å²) in [6.45, 7) is 7.13. The smallest absolute Gasteiger partial charge is 0.127 e. The molecular weight excluding hydrogens is 256 g/mol. The van der Waals surface area contributed by atoms with Gasteiger partial charge in [0.2, 0.25) is 0 Å². The van der Waals surface area contributed by atoms with Gasteiger partial charge in [0.1, 0.15) is 10.4 Å². The average Bonchev–Trinajstić information content (AvgIpc) is 2.42. The molecule has 0 fully saturated rings. The molecule has 1 atom stereocenters. The van der Waals surface area contributed by atoms with E-state index < -0.39 is 0 Å². The molecule has 4 heteroatoms. The van der Waals surface area contributed by atoms with Crippen molar-refractivity contribution >= 4 is 15.9 Å². The predicted octanol–water partition coefficient (Wildman–Crippen LogP) is 2.25. The molecule has 0 radical (unpaired) electrons. The van der Waals surface area contributed by atoms with Crippen LogP contribution in [0.5, 0.6) is 0 Å². The van der Waals surface area contributed by atoms with Crippen molar-refractivity contribution in [1.29, 1.82) is 0 Å². The van der Waals surface area contributed by atoms with E-state index in [0.717, 1.165) is 23.3 Å². The number of fused-ring (bicyclic) bond motifs is 1. The van der Waals surface area contributed by atoms with E-state index in [-0.39, 0.29) is 11.5 Å². The van der Waals surface area contributed by atoms with Crippen LogP contribution >= 0.6 is 15.9 Å². The molecule has 1 aromatic heterocycles. The van der Waals surface area contributed by atoms with E-state index in [9.17, 15) is 5.11 Å². The maximum absolute atomic E-state index is 9.69. The summed E-state index contributed by atoms with van der Waals surface area (Å²) in [4.78, 5) is 4.57. The van der Waals surface area contributed by atoms with Gasteiger partial charge < -0.3 is 9.67 Å². The molecule has 1 aliphatic heterocycles. The molecule has 0 amide bonds. The second-order valence-corrected chi connectivity index (χ2v) is 5.98. The van der Waals surface area contributed by atoms with Crippen LogP contribution < -0.4 is 0 Å². The highest BCUT2D eigenvalue weighted by Gasteiger charge is 2.28. The minimum Gasteiger partial charge on any atom is -0.391 e. The minimum absolute atomic E-state index is 0.0256. The fraction of sp³-hybridized carbons (Fsp3) is 0.727. The number of rotatable bonds is 0. The Kier molecular flexibility index (Phi) is 2.67. The third-order valence-electron chi connectivity index (χ3n) is 2.80. The van der Waals surface area contributed by atoms with Crippen molar-refractivity contribution in [2.45, 2.75) is 51.7 Å². The highest BCUT2D eigenvalue weighted by Crippen LogP contribution is 2.30.